The first-order valence-corrected chi connectivity index (χ1v) is 10.9. The lowest BCUT2D eigenvalue weighted by molar-refractivity contribution is -0.277. The first-order chi connectivity index (χ1) is 14.5. The highest BCUT2D eigenvalue weighted by molar-refractivity contribution is 5.88. The van der Waals surface area contributed by atoms with E-state index in [9.17, 15) is 20.4 Å². The number of aryl methyl sites for hydroxylation is 2. The van der Waals surface area contributed by atoms with Crippen molar-refractivity contribution in [2.24, 2.45) is 5.92 Å². The Hall–Kier alpha value is -1.71. The summed E-state index contributed by atoms with van der Waals surface area (Å²) in [5.41, 5.74) is 2.69. The number of nitrogens with one attached hydrogen (secondary N) is 1. The second-order valence-electron chi connectivity index (χ2n) is 8.72. The molecule has 5 unspecified atom stereocenters. The Balaban J connectivity index is 1.57. The summed E-state index contributed by atoms with van der Waals surface area (Å²) in [5.74, 6) is 1.24. The molecule has 1 aromatic heterocycles. The molecule has 2 heterocycles. The summed E-state index contributed by atoms with van der Waals surface area (Å²) in [6, 6.07) is 3.82. The fourth-order valence-corrected chi connectivity index (χ4v) is 4.70. The molecule has 5 atom stereocenters. The number of H-pyrrole nitrogens is 1. The highest BCUT2D eigenvalue weighted by Crippen LogP contribution is 2.34. The van der Waals surface area contributed by atoms with Gasteiger partial charge in [0.15, 0.2) is 0 Å². The zero-order chi connectivity index (χ0) is 21.3. The lowest BCUT2D eigenvalue weighted by Gasteiger charge is -2.39. The monoisotopic (exact) mass is 420 g/mol. The number of benzene rings is 1. The third-order valence-corrected chi connectivity index (χ3v) is 6.46. The summed E-state index contributed by atoms with van der Waals surface area (Å²) in [5, 5.41) is 48.3. The molecule has 1 saturated carbocycles. The third-order valence-electron chi connectivity index (χ3n) is 6.46. The molecular weight excluding hydrogens is 388 g/mol. The van der Waals surface area contributed by atoms with Crippen LogP contribution in [0.1, 0.15) is 49.8 Å². The number of aromatic amines is 1. The van der Waals surface area contributed by atoms with Gasteiger partial charge >= 0.3 is 0 Å². The predicted octanol–water partition coefficient (Wildman–Crippen LogP) is 1.56. The fourth-order valence-electron chi connectivity index (χ4n) is 4.70. The van der Waals surface area contributed by atoms with Gasteiger partial charge in [-0.1, -0.05) is 32.1 Å². The van der Waals surface area contributed by atoms with Crippen LogP contribution in [0.2, 0.25) is 0 Å². The van der Waals surface area contributed by atoms with Crippen molar-refractivity contribution in [2.75, 3.05) is 6.61 Å². The topological polar surface area (TPSA) is 128 Å². The molecule has 1 aromatic carbocycles. The van der Waals surface area contributed by atoms with Gasteiger partial charge < -0.3 is 29.9 Å². The minimum absolute atomic E-state index is 0.494. The van der Waals surface area contributed by atoms with Crippen LogP contribution in [0.4, 0.5) is 0 Å². The zero-order valence-corrected chi connectivity index (χ0v) is 17.3. The lowest BCUT2D eigenvalue weighted by atomic mass is 9.85. The molecular formula is C22H32N2O6. The first-order valence-electron chi connectivity index (χ1n) is 10.9. The molecule has 0 spiro atoms. The standard InChI is InChI=1S/C22H32N2O6/c1-12-9-15-18(14(23-24-15)8-7-13-5-3-2-4-6-13)16(10-12)29-22-21(28)20(27)19(26)17(11-25)30-22/h9-10,13,17,19-22,25-28H,2-8,11H2,1H3,(H,23,24). The van der Waals surface area contributed by atoms with Gasteiger partial charge in [0.25, 0.3) is 0 Å². The third kappa shape index (κ3) is 4.33. The molecule has 1 aliphatic heterocycles. The van der Waals surface area contributed by atoms with E-state index in [-0.39, 0.29) is 0 Å². The van der Waals surface area contributed by atoms with E-state index in [0.717, 1.165) is 40.9 Å². The van der Waals surface area contributed by atoms with Crippen molar-refractivity contribution in [2.45, 2.75) is 82.6 Å². The number of aliphatic hydroxyl groups excluding tert-OH is 4. The van der Waals surface area contributed by atoms with Crippen LogP contribution in [0.25, 0.3) is 10.9 Å². The molecule has 2 fully saturated rings. The number of hydrogen-bond donors (Lipinski definition) is 5. The van der Waals surface area contributed by atoms with Crippen molar-refractivity contribution in [3.05, 3.63) is 23.4 Å². The molecule has 8 heteroatoms. The minimum atomic E-state index is -1.48. The maximum atomic E-state index is 10.4. The lowest BCUT2D eigenvalue weighted by Crippen LogP contribution is -2.60. The van der Waals surface area contributed by atoms with Gasteiger partial charge in [-0.15, -0.1) is 0 Å². The summed E-state index contributed by atoms with van der Waals surface area (Å²) in [4.78, 5) is 0. The van der Waals surface area contributed by atoms with E-state index in [0.29, 0.717) is 5.75 Å². The Labute approximate surface area is 175 Å². The van der Waals surface area contributed by atoms with E-state index < -0.39 is 37.3 Å². The zero-order valence-electron chi connectivity index (χ0n) is 17.3. The average Bonchev–Trinajstić information content (AvgIpc) is 3.16. The molecule has 0 radical (unpaired) electrons. The van der Waals surface area contributed by atoms with Crippen molar-refractivity contribution in [1.82, 2.24) is 10.2 Å². The smallest absolute Gasteiger partial charge is 0.229 e. The van der Waals surface area contributed by atoms with Gasteiger partial charge in [0.05, 0.1) is 17.5 Å². The van der Waals surface area contributed by atoms with Crippen molar-refractivity contribution in [1.29, 1.82) is 0 Å². The highest BCUT2D eigenvalue weighted by Gasteiger charge is 2.45. The van der Waals surface area contributed by atoms with E-state index >= 15 is 0 Å². The van der Waals surface area contributed by atoms with E-state index in [1.807, 2.05) is 19.1 Å². The number of ether oxygens (including phenoxy) is 2. The fraction of sp³-hybridized carbons (Fsp3) is 0.682. The van der Waals surface area contributed by atoms with Crippen LogP contribution in [0.5, 0.6) is 5.75 Å². The van der Waals surface area contributed by atoms with Crippen LogP contribution in [-0.2, 0) is 11.2 Å². The second-order valence-corrected chi connectivity index (χ2v) is 8.72. The Morgan fingerprint density at radius 2 is 1.87 bits per heavy atom. The van der Waals surface area contributed by atoms with Crippen LogP contribution in [0.3, 0.4) is 0 Å². The average molecular weight is 421 g/mol. The second kappa shape index (κ2) is 9.20. The minimum Gasteiger partial charge on any atom is -0.461 e. The van der Waals surface area contributed by atoms with Crippen molar-refractivity contribution in [3.63, 3.8) is 0 Å². The number of aliphatic hydroxyl groups is 4. The SMILES string of the molecule is Cc1cc(OC2OC(CO)C(O)C(O)C2O)c2c(CCC3CCCCC3)[nH]nc2c1. The summed E-state index contributed by atoms with van der Waals surface area (Å²) in [6.07, 6.45) is 1.88. The Morgan fingerprint density at radius 3 is 2.60 bits per heavy atom. The summed E-state index contributed by atoms with van der Waals surface area (Å²) >= 11 is 0. The van der Waals surface area contributed by atoms with Gasteiger partial charge in [-0.3, -0.25) is 5.10 Å². The molecule has 0 bridgehead atoms. The predicted molar refractivity (Wildman–Crippen MR) is 110 cm³/mol. The molecule has 2 aliphatic rings. The Bertz CT molecular complexity index is 848. The number of fused-ring (bicyclic) bond motifs is 1. The van der Waals surface area contributed by atoms with Crippen molar-refractivity contribution >= 4 is 10.9 Å². The van der Waals surface area contributed by atoms with Gasteiger partial charge in [0.2, 0.25) is 6.29 Å². The molecule has 1 aliphatic carbocycles. The van der Waals surface area contributed by atoms with Crippen molar-refractivity contribution < 1.29 is 29.9 Å². The maximum Gasteiger partial charge on any atom is 0.229 e. The van der Waals surface area contributed by atoms with E-state index in [4.69, 9.17) is 9.47 Å². The highest BCUT2D eigenvalue weighted by atomic mass is 16.7. The van der Waals surface area contributed by atoms with Gasteiger partial charge in [-0.2, -0.15) is 5.10 Å². The normalized spacial score (nSPS) is 30.6. The first kappa shape index (κ1) is 21.5. The van der Waals surface area contributed by atoms with Crippen LogP contribution in [0.15, 0.2) is 12.1 Å². The molecule has 5 N–H and O–H groups in total. The van der Waals surface area contributed by atoms with Crippen LogP contribution in [0, 0.1) is 12.8 Å². The van der Waals surface area contributed by atoms with Crippen molar-refractivity contribution in [3.8, 4) is 5.75 Å². The number of hydrogen-bond acceptors (Lipinski definition) is 7. The Kier molecular flexibility index (Phi) is 6.60. The molecule has 166 valence electrons. The van der Waals surface area contributed by atoms with Crippen LogP contribution < -0.4 is 4.74 Å². The molecule has 30 heavy (non-hydrogen) atoms. The summed E-state index contributed by atoms with van der Waals surface area (Å²) < 4.78 is 11.5. The summed E-state index contributed by atoms with van der Waals surface area (Å²) in [6.45, 7) is 1.43. The molecule has 4 rings (SSSR count). The van der Waals surface area contributed by atoms with E-state index in [2.05, 4.69) is 10.2 Å². The number of aromatic nitrogens is 2. The number of rotatable bonds is 6. The molecule has 8 nitrogen and oxygen atoms in total. The van der Waals surface area contributed by atoms with E-state index in [1.54, 1.807) is 0 Å². The maximum absolute atomic E-state index is 10.4. The van der Waals surface area contributed by atoms with Gasteiger partial charge in [-0.05, 0) is 43.4 Å². The molecule has 0 amide bonds. The largest absolute Gasteiger partial charge is 0.461 e. The molecule has 2 aromatic rings. The molecule has 1 saturated heterocycles. The van der Waals surface area contributed by atoms with Crippen LogP contribution >= 0.6 is 0 Å². The summed E-state index contributed by atoms with van der Waals surface area (Å²) in [7, 11) is 0. The van der Waals surface area contributed by atoms with Gasteiger partial charge in [0.1, 0.15) is 30.2 Å². The van der Waals surface area contributed by atoms with Gasteiger partial charge in [0, 0.05) is 5.69 Å². The van der Waals surface area contributed by atoms with E-state index in [1.165, 1.54) is 32.1 Å². The number of nitrogens with zero attached hydrogens (tertiary/aromatic N) is 1. The Morgan fingerprint density at radius 1 is 1.10 bits per heavy atom. The quantitative estimate of drug-likeness (QED) is 0.480. The van der Waals surface area contributed by atoms with Crippen LogP contribution in [-0.4, -0.2) is 67.9 Å². The van der Waals surface area contributed by atoms with Gasteiger partial charge in [-0.25, -0.2) is 0 Å².